The van der Waals surface area contributed by atoms with Crippen molar-refractivity contribution in [3.05, 3.63) is 0 Å². The third-order valence-corrected chi connectivity index (χ3v) is 3.95. The van der Waals surface area contributed by atoms with E-state index < -0.39 is 0 Å². The van der Waals surface area contributed by atoms with Gasteiger partial charge in [0.15, 0.2) is 0 Å². The zero-order chi connectivity index (χ0) is 16.5. The molecule has 0 saturated carbocycles. The summed E-state index contributed by atoms with van der Waals surface area (Å²) in [5, 5.41) is 3.71. The second-order valence-electron chi connectivity index (χ2n) is 5.81. The Kier molecular flexibility index (Phi) is 28.0. The molecular weight excluding hydrogens is 319 g/mol. The van der Waals surface area contributed by atoms with Crippen LogP contribution in [0.2, 0.25) is 0 Å². The van der Waals surface area contributed by atoms with Crippen LogP contribution < -0.4 is 40.6 Å². The molecule has 22 heavy (non-hydrogen) atoms. The molecule has 0 fully saturated rings. The predicted molar refractivity (Wildman–Crippen MR) is 104 cm³/mol. The van der Waals surface area contributed by atoms with Gasteiger partial charge in [0.05, 0.1) is 0 Å². The second-order valence-corrected chi connectivity index (χ2v) is 6.95. The summed E-state index contributed by atoms with van der Waals surface area (Å²) >= 11 is 8.26. The van der Waals surface area contributed by atoms with Crippen molar-refractivity contribution in [3.63, 3.8) is 0 Å². The summed E-state index contributed by atoms with van der Waals surface area (Å²) in [4.78, 5) is 0. The van der Waals surface area contributed by atoms with Gasteiger partial charge in [-0.1, -0.05) is 70.5 Å². The van der Waals surface area contributed by atoms with Gasteiger partial charge in [0.2, 0.25) is 0 Å². The minimum absolute atomic E-state index is 0. The number of thiocarbonyl (C=S) groups is 1. The minimum atomic E-state index is 0. The molecule has 0 saturated heterocycles. The molecule has 128 valence electrons. The summed E-state index contributed by atoms with van der Waals surface area (Å²) in [6.45, 7) is 11.7. The van der Waals surface area contributed by atoms with Gasteiger partial charge in [0, 0.05) is 0 Å². The van der Waals surface area contributed by atoms with E-state index in [0.717, 1.165) is 11.8 Å². The van der Waals surface area contributed by atoms with Crippen LogP contribution in [0, 0.1) is 11.8 Å². The van der Waals surface area contributed by atoms with E-state index in [1.165, 1.54) is 64.5 Å². The first-order valence-electron chi connectivity index (χ1n) is 8.68. The summed E-state index contributed by atoms with van der Waals surface area (Å²) < 4.78 is 0.0833. The maximum absolute atomic E-state index is 4.66. The van der Waals surface area contributed by atoms with Gasteiger partial charge in [-0.05, 0) is 37.8 Å². The molecule has 0 rings (SSSR count). The number of hydrogen-bond acceptors (Lipinski definition) is 3. The summed E-state index contributed by atoms with van der Waals surface area (Å²) in [7, 11) is 0. The van der Waals surface area contributed by atoms with Crippen LogP contribution in [0.5, 0.6) is 0 Å². The molecule has 0 bridgehead atoms. The molecule has 0 spiro atoms. The maximum Gasteiger partial charge on any atom is 1.00 e. The Labute approximate surface area is 172 Å². The van der Waals surface area contributed by atoms with Crippen LogP contribution in [0.1, 0.15) is 79.1 Å². The van der Waals surface area contributed by atoms with Crippen LogP contribution in [-0.2, 0) is 12.6 Å². The molecule has 2 nitrogen and oxygen atoms in total. The standard InChI is InChI=1S/C16H35N.CH3NS2.Na/c1-5-9-11-15(7-3)13-17-14-16(8-4)12-10-6-2;2-1(3)4;/h15-17H,5-14H2,1-4H3;(H3,2,3,4);/q;;+1/p-1. The van der Waals surface area contributed by atoms with Crippen LogP contribution in [-0.4, -0.2) is 17.4 Å². The fourth-order valence-corrected chi connectivity index (χ4v) is 2.38. The van der Waals surface area contributed by atoms with Gasteiger partial charge in [-0.3, -0.25) is 0 Å². The smallest absolute Gasteiger partial charge is 0.415 e. The van der Waals surface area contributed by atoms with E-state index in [9.17, 15) is 0 Å². The predicted octanol–water partition coefficient (Wildman–Crippen LogP) is 1.79. The number of hydrogen-bond donors (Lipinski definition) is 2. The van der Waals surface area contributed by atoms with Gasteiger partial charge < -0.3 is 35.9 Å². The van der Waals surface area contributed by atoms with Crippen molar-refractivity contribution in [2.24, 2.45) is 17.6 Å². The van der Waals surface area contributed by atoms with E-state index in [1.807, 2.05) is 0 Å². The number of unbranched alkanes of at least 4 members (excludes halogenated alkanes) is 2. The summed E-state index contributed by atoms with van der Waals surface area (Å²) in [6.07, 6.45) is 10.9. The molecule has 0 aliphatic carbocycles. The van der Waals surface area contributed by atoms with Crippen molar-refractivity contribution in [3.8, 4) is 0 Å². The van der Waals surface area contributed by atoms with E-state index in [1.54, 1.807) is 0 Å². The van der Waals surface area contributed by atoms with Crippen LogP contribution in [0.3, 0.4) is 0 Å². The van der Waals surface area contributed by atoms with Crippen molar-refractivity contribution in [2.45, 2.75) is 79.1 Å². The molecule has 2 atom stereocenters. The Morgan fingerprint density at radius 1 is 0.955 bits per heavy atom. The molecule has 0 aromatic rings. The van der Waals surface area contributed by atoms with Gasteiger partial charge in [-0.25, -0.2) is 0 Å². The van der Waals surface area contributed by atoms with E-state index >= 15 is 0 Å². The molecule has 0 aliphatic rings. The maximum atomic E-state index is 4.66. The molecule has 0 amide bonds. The Bertz CT molecular complexity index is 209. The van der Waals surface area contributed by atoms with Gasteiger partial charge >= 0.3 is 29.6 Å². The first-order valence-corrected chi connectivity index (χ1v) is 9.50. The van der Waals surface area contributed by atoms with Crippen LogP contribution in [0.15, 0.2) is 0 Å². The monoisotopic (exact) mass is 356 g/mol. The van der Waals surface area contributed by atoms with Gasteiger partial charge in [-0.2, -0.15) is 0 Å². The number of nitrogens with one attached hydrogen (secondary N) is 1. The average molecular weight is 357 g/mol. The molecule has 0 heterocycles. The quantitative estimate of drug-likeness (QED) is 0.318. The molecule has 3 N–H and O–H groups in total. The van der Waals surface area contributed by atoms with Gasteiger partial charge in [0.1, 0.15) is 0 Å². The third-order valence-electron chi connectivity index (χ3n) is 3.95. The zero-order valence-electron chi connectivity index (χ0n) is 15.6. The number of nitrogens with two attached hydrogens (primary N) is 1. The molecule has 0 aromatic carbocycles. The Balaban J connectivity index is -0.000000640. The summed E-state index contributed by atoms with van der Waals surface area (Å²) in [5.74, 6) is 1.80. The van der Waals surface area contributed by atoms with Crippen LogP contribution in [0.25, 0.3) is 0 Å². The topological polar surface area (TPSA) is 38.0 Å². The van der Waals surface area contributed by atoms with E-state index in [0.29, 0.717) is 0 Å². The zero-order valence-corrected chi connectivity index (χ0v) is 19.3. The largest absolute Gasteiger partial charge is 1.00 e. The summed E-state index contributed by atoms with van der Waals surface area (Å²) in [6, 6.07) is 0. The van der Waals surface area contributed by atoms with Gasteiger partial charge in [0.25, 0.3) is 0 Å². The van der Waals surface area contributed by atoms with Crippen molar-refractivity contribution >= 4 is 29.2 Å². The van der Waals surface area contributed by atoms with Crippen LogP contribution >= 0.6 is 12.2 Å². The van der Waals surface area contributed by atoms with Gasteiger partial charge in [-0.15, -0.1) is 0 Å². The molecule has 2 unspecified atom stereocenters. The minimum Gasteiger partial charge on any atom is -0.415 e. The van der Waals surface area contributed by atoms with Crippen molar-refractivity contribution < 1.29 is 29.6 Å². The molecular formula is C17H37N2NaS2. The average Bonchev–Trinajstić information content (AvgIpc) is 2.45. The Morgan fingerprint density at radius 2 is 1.27 bits per heavy atom. The van der Waals surface area contributed by atoms with E-state index in [4.69, 9.17) is 0 Å². The van der Waals surface area contributed by atoms with Crippen molar-refractivity contribution in [2.75, 3.05) is 13.1 Å². The first kappa shape index (κ1) is 27.9. The fraction of sp³-hybridized carbons (Fsp3) is 0.941. The van der Waals surface area contributed by atoms with E-state index in [2.05, 4.69) is 63.6 Å². The molecule has 0 aliphatic heterocycles. The van der Waals surface area contributed by atoms with E-state index in [-0.39, 0.29) is 33.9 Å². The summed E-state index contributed by atoms with van der Waals surface area (Å²) in [5.41, 5.74) is 4.66. The molecule has 5 heteroatoms. The molecule has 0 radical (unpaired) electrons. The third kappa shape index (κ3) is 23.3. The fourth-order valence-electron chi connectivity index (χ4n) is 2.38. The Morgan fingerprint density at radius 3 is 1.50 bits per heavy atom. The van der Waals surface area contributed by atoms with Crippen molar-refractivity contribution in [1.82, 2.24) is 5.32 Å². The Hall–Kier alpha value is 1.07. The SMILES string of the molecule is CCCCC(CC)CNCC(CC)CCCC.NC(=S)[S-].[Na+]. The van der Waals surface area contributed by atoms with Crippen LogP contribution in [0.4, 0.5) is 0 Å². The number of rotatable bonds is 12. The normalized spacial score (nSPS) is 12.5. The molecule has 0 aromatic heterocycles. The second kappa shape index (κ2) is 22.1. The first-order chi connectivity index (χ1) is 10.0. The van der Waals surface area contributed by atoms with Crippen molar-refractivity contribution in [1.29, 1.82) is 0 Å².